The zero-order valence-electron chi connectivity index (χ0n) is 10.9. The summed E-state index contributed by atoms with van der Waals surface area (Å²) in [6.07, 6.45) is 0. The number of carbonyl (C=O) groups is 1. The first kappa shape index (κ1) is 14.7. The Bertz CT molecular complexity index is 821. The number of carboxylic acid groups (broad SMARTS) is 1. The molecule has 3 N–H and O–H groups in total. The summed E-state index contributed by atoms with van der Waals surface area (Å²) in [5, 5.41) is 9.80. The largest absolute Gasteiger partial charge is 0.478 e. The van der Waals surface area contributed by atoms with Crippen molar-refractivity contribution in [2.75, 3.05) is 5.73 Å². The maximum atomic E-state index is 11.0. The van der Waals surface area contributed by atoms with Crippen molar-refractivity contribution in [3.63, 3.8) is 0 Å². The van der Waals surface area contributed by atoms with Crippen LogP contribution in [0.15, 0.2) is 48.5 Å². The smallest absolute Gasteiger partial charge is 0.335 e. The van der Waals surface area contributed by atoms with Gasteiger partial charge in [-0.15, -0.1) is 12.4 Å². The van der Waals surface area contributed by atoms with E-state index in [1.807, 2.05) is 24.3 Å². The highest BCUT2D eigenvalue weighted by atomic mass is 35.5. The Labute approximate surface area is 126 Å². The lowest BCUT2D eigenvalue weighted by Gasteiger charge is -2.06. The van der Waals surface area contributed by atoms with Gasteiger partial charge in [0.25, 0.3) is 0 Å². The average Bonchev–Trinajstić information content (AvgIpc) is 2.47. The molecule has 3 rings (SSSR count). The molecule has 0 amide bonds. The molecule has 0 saturated carbocycles. The van der Waals surface area contributed by atoms with Gasteiger partial charge in [-0.1, -0.05) is 24.3 Å². The quantitative estimate of drug-likeness (QED) is 0.759. The SMILES string of the molecule is Cl.Nc1nc(-c2cccc(C(=O)O)c2)nc2ccccc12. The average molecular weight is 302 g/mol. The van der Waals surface area contributed by atoms with Crippen molar-refractivity contribution in [1.29, 1.82) is 0 Å². The Morgan fingerprint density at radius 3 is 2.57 bits per heavy atom. The van der Waals surface area contributed by atoms with Crippen molar-refractivity contribution < 1.29 is 9.90 Å². The van der Waals surface area contributed by atoms with E-state index in [9.17, 15) is 4.79 Å². The number of para-hydroxylation sites is 1. The molecule has 21 heavy (non-hydrogen) atoms. The maximum Gasteiger partial charge on any atom is 0.335 e. The van der Waals surface area contributed by atoms with Crippen LogP contribution in [0.4, 0.5) is 5.82 Å². The van der Waals surface area contributed by atoms with E-state index in [1.54, 1.807) is 12.1 Å². The fourth-order valence-corrected chi connectivity index (χ4v) is 2.02. The summed E-state index contributed by atoms with van der Waals surface area (Å²) >= 11 is 0. The van der Waals surface area contributed by atoms with E-state index in [1.165, 1.54) is 12.1 Å². The lowest BCUT2D eigenvalue weighted by Crippen LogP contribution is -2.00. The van der Waals surface area contributed by atoms with Crippen molar-refractivity contribution in [3.8, 4) is 11.4 Å². The molecule has 0 bridgehead atoms. The van der Waals surface area contributed by atoms with Gasteiger partial charge < -0.3 is 10.8 Å². The molecule has 0 aliphatic heterocycles. The molecule has 1 heterocycles. The topological polar surface area (TPSA) is 89.1 Å². The molecule has 2 aromatic carbocycles. The monoisotopic (exact) mass is 301 g/mol. The summed E-state index contributed by atoms with van der Waals surface area (Å²) in [7, 11) is 0. The third-order valence-corrected chi connectivity index (χ3v) is 3.00. The standard InChI is InChI=1S/C15H11N3O2.ClH/c16-13-11-6-1-2-7-12(11)17-14(18-13)9-4-3-5-10(8-9)15(19)20;/h1-8H,(H,19,20)(H2,16,17,18);1H. The predicted molar refractivity (Wildman–Crippen MR) is 83.6 cm³/mol. The minimum absolute atomic E-state index is 0. The van der Waals surface area contributed by atoms with Crippen molar-refractivity contribution in [2.24, 2.45) is 0 Å². The van der Waals surface area contributed by atoms with E-state index in [0.717, 1.165) is 10.9 Å². The van der Waals surface area contributed by atoms with Crippen molar-refractivity contribution in [2.45, 2.75) is 0 Å². The summed E-state index contributed by atoms with van der Waals surface area (Å²) in [4.78, 5) is 19.7. The second-order valence-electron chi connectivity index (χ2n) is 4.34. The van der Waals surface area contributed by atoms with Gasteiger partial charge in [0, 0.05) is 10.9 Å². The van der Waals surface area contributed by atoms with Crippen LogP contribution in [0.2, 0.25) is 0 Å². The molecular weight excluding hydrogens is 290 g/mol. The summed E-state index contributed by atoms with van der Waals surface area (Å²) in [5.74, 6) is -0.184. The van der Waals surface area contributed by atoms with Crippen molar-refractivity contribution in [3.05, 3.63) is 54.1 Å². The van der Waals surface area contributed by atoms with Gasteiger partial charge in [0.05, 0.1) is 11.1 Å². The molecule has 1 aromatic heterocycles. The third-order valence-electron chi connectivity index (χ3n) is 3.00. The van der Waals surface area contributed by atoms with Crippen LogP contribution in [-0.2, 0) is 0 Å². The lowest BCUT2D eigenvalue weighted by atomic mass is 10.1. The number of carboxylic acids is 1. The second kappa shape index (κ2) is 5.76. The number of hydrogen-bond donors (Lipinski definition) is 2. The predicted octanol–water partition coefficient (Wildman–Crippen LogP) is 3.00. The van der Waals surface area contributed by atoms with Crippen LogP contribution in [0.3, 0.4) is 0 Å². The first-order valence-corrected chi connectivity index (χ1v) is 6.01. The molecule has 106 valence electrons. The normalized spacial score (nSPS) is 10.1. The number of nitrogens with two attached hydrogens (primary N) is 1. The number of aromatic carboxylic acids is 1. The molecule has 6 heteroatoms. The first-order valence-electron chi connectivity index (χ1n) is 6.01. The Kier molecular flexibility index (Phi) is 4.05. The number of nitrogens with zero attached hydrogens (tertiary/aromatic N) is 2. The molecule has 0 fully saturated rings. The van der Waals surface area contributed by atoms with Crippen LogP contribution in [0.25, 0.3) is 22.3 Å². The van der Waals surface area contributed by atoms with Gasteiger partial charge in [0.1, 0.15) is 5.82 Å². The van der Waals surface area contributed by atoms with Gasteiger partial charge in [-0.2, -0.15) is 0 Å². The van der Waals surface area contributed by atoms with Gasteiger partial charge in [-0.3, -0.25) is 0 Å². The Morgan fingerprint density at radius 1 is 1.05 bits per heavy atom. The number of hydrogen-bond acceptors (Lipinski definition) is 4. The van der Waals surface area contributed by atoms with Gasteiger partial charge in [-0.25, -0.2) is 14.8 Å². The second-order valence-corrected chi connectivity index (χ2v) is 4.34. The molecule has 5 nitrogen and oxygen atoms in total. The number of anilines is 1. The fourth-order valence-electron chi connectivity index (χ4n) is 2.02. The van der Waals surface area contributed by atoms with Crippen LogP contribution in [-0.4, -0.2) is 21.0 Å². The van der Waals surface area contributed by atoms with E-state index < -0.39 is 5.97 Å². The van der Waals surface area contributed by atoms with Crippen molar-refractivity contribution >= 4 is 35.1 Å². The van der Waals surface area contributed by atoms with Crippen LogP contribution in [0.1, 0.15) is 10.4 Å². The molecular formula is C15H12ClN3O2. The number of rotatable bonds is 2. The van der Waals surface area contributed by atoms with Crippen LogP contribution >= 0.6 is 12.4 Å². The minimum Gasteiger partial charge on any atom is -0.478 e. The number of aromatic nitrogens is 2. The zero-order chi connectivity index (χ0) is 14.1. The van der Waals surface area contributed by atoms with E-state index in [0.29, 0.717) is 17.2 Å². The molecule has 0 aliphatic rings. The number of halogens is 1. The van der Waals surface area contributed by atoms with E-state index in [2.05, 4.69) is 9.97 Å². The first-order chi connectivity index (χ1) is 9.65. The highest BCUT2D eigenvalue weighted by Crippen LogP contribution is 2.23. The molecule has 0 atom stereocenters. The highest BCUT2D eigenvalue weighted by Gasteiger charge is 2.09. The summed E-state index contributed by atoms with van der Waals surface area (Å²) in [6, 6.07) is 13.9. The van der Waals surface area contributed by atoms with Gasteiger partial charge >= 0.3 is 5.97 Å². The Balaban J connectivity index is 0.00000161. The van der Waals surface area contributed by atoms with Crippen LogP contribution in [0, 0.1) is 0 Å². The number of fused-ring (bicyclic) bond motifs is 1. The van der Waals surface area contributed by atoms with E-state index in [4.69, 9.17) is 10.8 Å². The molecule has 3 aromatic rings. The summed E-state index contributed by atoms with van der Waals surface area (Å²) in [5.41, 5.74) is 7.48. The minimum atomic E-state index is -0.986. The highest BCUT2D eigenvalue weighted by molar-refractivity contribution is 5.91. The van der Waals surface area contributed by atoms with Crippen LogP contribution < -0.4 is 5.73 Å². The van der Waals surface area contributed by atoms with Gasteiger partial charge in [0.15, 0.2) is 5.82 Å². The molecule has 0 unspecified atom stereocenters. The van der Waals surface area contributed by atoms with E-state index in [-0.39, 0.29) is 18.0 Å². The molecule has 0 radical (unpaired) electrons. The maximum absolute atomic E-state index is 11.0. The Morgan fingerprint density at radius 2 is 1.81 bits per heavy atom. The lowest BCUT2D eigenvalue weighted by molar-refractivity contribution is 0.0697. The Hall–Kier alpha value is -2.66. The van der Waals surface area contributed by atoms with Crippen molar-refractivity contribution in [1.82, 2.24) is 9.97 Å². The number of benzene rings is 2. The van der Waals surface area contributed by atoms with Crippen LogP contribution in [0.5, 0.6) is 0 Å². The number of nitrogen functional groups attached to an aromatic ring is 1. The molecule has 0 aliphatic carbocycles. The zero-order valence-corrected chi connectivity index (χ0v) is 11.7. The molecule has 0 saturated heterocycles. The van der Waals surface area contributed by atoms with Gasteiger partial charge in [-0.05, 0) is 24.3 Å². The van der Waals surface area contributed by atoms with E-state index >= 15 is 0 Å². The summed E-state index contributed by atoms with van der Waals surface area (Å²) in [6.45, 7) is 0. The molecule has 0 spiro atoms. The fraction of sp³-hybridized carbons (Fsp3) is 0. The summed E-state index contributed by atoms with van der Waals surface area (Å²) < 4.78 is 0. The van der Waals surface area contributed by atoms with Gasteiger partial charge in [0.2, 0.25) is 0 Å². The third kappa shape index (κ3) is 2.78.